The third kappa shape index (κ3) is 1.69. The molecule has 2 nitrogen and oxygen atoms in total. The standard InChI is InChI=1S/C23H18N2/c1-24-20-8-4-5-9-21(20)25-22-13-18-11-16-7-3-2-6-15(16)10-17(18)12-19(22)14-23(24)25/h2-13,23H,14H2,1H3. The van der Waals surface area contributed by atoms with Gasteiger partial charge in [0.05, 0.1) is 11.4 Å². The van der Waals surface area contributed by atoms with Crippen molar-refractivity contribution in [3.63, 3.8) is 0 Å². The first-order valence-corrected chi connectivity index (χ1v) is 8.86. The van der Waals surface area contributed by atoms with Gasteiger partial charge in [0.2, 0.25) is 0 Å². The van der Waals surface area contributed by atoms with Gasteiger partial charge in [0.15, 0.2) is 0 Å². The summed E-state index contributed by atoms with van der Waals surface area (Å²) in [5.74, 6) is 0. The molecule has 25 heavy (non-hydrogen) atoms. The Bertz CT molecular complexity index is 1160. The van der Waals surface area contributed by atoms with E-state index in [4.69, 9.17) is 0 Å². The number of nitrogens with zero attached hydrogens (tertiary/aromatic N) is 2. The van der Waals surface area contributed by atoms with Crippen LogP contribution in [0.2, 0.25) is 0 Å². The van der Waals surface area contributed by atoms with Crippen LogP contribution in [0, 0.1) is 0 Å². The van der Waals surface area contributed by atoms with Crippen molar-refractivity contribution < 1.29 is 0 Å². The van der Waals surface area contributed by atoms with Crippen molar-refractivity contribution in [2.24, 2.45) is 0 Å². The summed E-state index contributed by atoms with van der Waals surface area (Å²) in [7, 11) is 2.21. The average Bonchev–Trinajstić information content (AvgIpc) is 3.14. The number of rotatable bonds is 0. The number of para-hydroxylation sites is 2. The van der Waals surface area contributed by atoms with Crippen molar-refractivity contribution in [3.05, 3.63) is 78.4 Å². The maximum Gasteiger partial charge on any atom is 0.110 e. The molecule has 2 heterocycles. The molecular formula is C23H18N2. The SMILES string of the molecule is CN1c2ccccc2N2c3cc4cc5ccccc5cc4cc3CC12. The Hall–Kier alpha value is -3.00. The number of hydrogen-bond acceptors (Lipinski definition) is 2. The Kier molecular flexibility index (Phi) is 2.42. The van der Waals surface area contributed by atoms with Crippen molar-refractivity contribution in [1.82, 2.24) is 0 Å². The lowest BCUT2D eigenvalue weighted by molar-refractivity contribution is 0.704. The zero-order valence-electron chi connectivity index (χ0n) is 14.1. The summed E-state index contributed by atoms with van der Waals surface area (Å²) >= 11 is 0. The molecule has 0 saturated heterocycles. The van der Waals surface area contributed by atoms with E-state index in [0.29, 0.717) is 6.17 Å². The summed E-state index contributed by atoms with van der Waals surface area (Å²) < 4.78 is 0. The topological polar surface area (TPSA) is 6.48 Å². The number of likely N-dealkylation sites (N-methyl/N-ethyl adjacent to an activating group) is 1. The van der Waals surface area contributed by atoms with Gasteiger partial charge in [0.1, 0.15) is 6.17 Å². The normalized spacial score (nSPS) is 17.9. The van der Waals surface area contributed by atoms with E-state index in [1.807, 2.05) is 0 Å². The van der Waals surface area contributed by atoms with Crippen LogP contribution in [-0.4, -0.2) is 13.2 Å². The molecule has 1 unspecified atom stereocenters. The van der Waals surface area contributed by atoms with Gasteiger partial charge in [-0.25, -0.2) is 0 Å². The van der Waals surface area contributed by atoms with Gasteiger partial charge in [-0.2, -0.15) is 0 Å². The molecule has 6 rings (SSSR count). The fraction of sp³-hybridized carbons (Fsp3) is 0.130. The summed E-state index contributed by atoms with van der Waals surface area (Å²) in [4.78, 5) is 4.93. The quantitative estimate of drug-likeness (QED) is 0.396. The number of anilines is 3. The fourth-order valence-corrected chi connectivity index (χ4v) is 4.59. The highest BCUT2D eigenvalue weighted by atomic mass is 15.4. The summed E-state index contributed by atoms with van der Waals surface area (Å²) in [6, 6.07) is 26.8. The van der Waals surface area contributed by atoms with Gasteiger partial charge >= 0.3 is 0 Å². The molecule has 0 N–H and O–H groups in total. The minimum atomic E-state index is 0.402. The van der Waals surface area contributed by atoms with Crippen LogP contribution in [0.4, 0.5) is 17.1 Å². The Labute approximate surface area is 146 Å². The second-order valence-electron chi connectivity index (χ2n) is 7.18. The van der Waals surface area contributed by atoms with Crippen LogP contribution in [-0.2, 0) is 6.42 Å². The predicted octanol–water partition coefficient (Wildman–Crippen LogP) is 5.46. The lowest BCUT2D eigenvalue weighted by atomic mass is 10.00. The zero-order chi connectivity index (χ0) is 16.5. The van der Waals surface area contributed by atoms with Gasteiger partial charge in [-0.3, -0.25) is 0 Å². The van der Waals surface area contributed by atoms with Crippen LogP contribution < -0.4 is 9.80 Å². The first-order chi connectivity index (χ1) is 12.3. The van der Waals surface area contributed by atoms with Gasteiger partial charge < -0.3 is 9.80 Å². The molecule has 4 aromatic rings. The van der Waals surface area contributed by atoms with Crippen molar-refractivity contribution >= 4 is 38.6 Å². The molecule has 0 aromatic heterocycles. The van der Waals surface area contributed by atoms with Gasteiger partial charge in [-0.15, -0.1) is 0 Å². The van der Waals surface area contributed by atoms with E-state index in [1.54, 1.807) is 0 Å². The Morgan fingerprint density at radius 2 is 1.32 bits per heavy atom. The summed E-state index contributed by atoms with van der Waals surface area (Å²) in [5.41, 5.74) is 5.48. The average molecular weight is 322 g/mol. The minimum absolute atomic E-state index is 0.402. The minimum Gasteiger partial charge on any atom is -0.352 e. The van der Waals surface area contributed by atoms with E-state index >= 15 is 0 Å². The van der Waals surface area contributed by atoms with Gasteiger partial charge in [-0.05, 0) is 63.5 Å². The monoisotopic (exact) mass is 322 g/mol. The lowest BCUT2D eigenvalue weighted by Crippen LogP contribution is -2.35. The van der Waals surface area contributed by atoms with E-state index in [-0.39, 0.29) is 0 Å². The molecule has 4 aromatic carbocycles. The first-order valence-electron chi connectivity index (χ1n) is 8.86. The number of hydrogen-bond donors (Lipinski definition) is 0. The third-order valence-electron chi connectivity index (χ3n) is 5.83. The third-order valence-corrected chi connectivity index (χ3v) is 5.83. The molecule has 0 bridgehead atoms. The molecule has 1 atom stereocenters. The van der Waals surface area contributed by atoms with Crippen LogP contribution in [0.15, 0.2) is 72.8 Å². The van der Waals surface area contributed by atoms with E-state index in [9.17, 15) is 0 Å². The summed E-state index contributed by atoms with van der Waals surface area (Å²) in [5, 5.41) is 5.29. The molecule has 0 aliphatic carbocycles. The van der Waals surface area contributed by atoms with Crippen LogP contribution in [0.25, 0.3) is 21.5 Å². The van der Waals surface area contributed by atoms with Crippen LogP contribution >= 0.6 is 0 Å². The number of fused-ring (bicyclic) bond motifs is 7. The largest absolute Gasteiger partial charge is 0.352 e. The molecule has 0 amide bonds. The van der Waals surface area contributed by atoms with Crippen molar-refractivity contribution in [2.75, 3.05) is 16.8 Å². The maximum atomic E-state index is 2.51. The highest BCUT2D eigenvalue weighted by molar-refractivity contribution is 6.01. The highest BCUT2D eigenvalue weighted by Crippen LogP contribution is 2.50. The van der Waals surface area contributed by atoms with Gasteiger partial charge in [0.25, 0.3) is 0 Å². The second-order valence-corrected chi connectivity index (χ2v) is 7.18. The molecule has 120 valence electrons. The lowest BCUT2D eigenvalue weighted by Gasteiger charge is -2.23. The van der Waals surface area contributed by atoms with Gasteiger partial charge in [-0.1, -0.05) is 36.4 Å². The van der Waals surface area contributed by atoms with Crippen molar-refractivity contribution in [2.45, 2.75) is 12.6 Å². The molecular weight excluding hydrogens is 304 g/mol. The highest BCUT2D eigenvalue weighted by Gasteiger charge is 2.40. The van der Waals surface area contributed by atoms with E-state index in [0.717, 1.165) is 6.42 Å². The van der Waals surface area contributed by atoms with E-state index in [1.165, 1.54) is 44.2 Å². The first kappa shape index (κ1) is 13.3. The molecule has 0 radical (unpaired) electrons. The Morgan fingerprint density at radius 3 is 2.08 bits per heavy atom. The Balaban J connectivity index is 1.61. The second kappa shape index (κ2) is 4.54. The molecule has 0 spiro atoms. The molecule has 2 aliphatic heterocycles. The van der Waals surface area contributed by atoms with Gasteiger partial charge in [0, 0.05) is 19.2 Å². The van der Waals surface area contributed by atoms with Crippen LogP contribution in [0.5, 0.6) is 0 Å². The van der Waals surface area contributed by atoms with E-state index in [2.05, 4.69) is 89.6 Å². The Morgan fingerprint density at radius 1 is 0.680 bits per heavy atom. The van der Waals surface area contributed by atoms with E-state index < -0.39 is 0 Å². The predicted molar refractivity (Wildman–Crippen MR) is 106 cm³/mol. The van der Waals surface area contributed by atoms with Crippen LogP contribution in [0.1, 0.15) is 5.56 Å². The maximum absolute atomic E-state index is 2.51. The smallest absolute Gasteiger partial charge is 0.110 e. The fourth-order valence-electron chi connectivity index (χ4n) is 4.59. The molecule has 0 saturated carbocycles. The van der Waals surface area contributed by atoms with Crippen molar-refractivity contribution in [1.29, 1.82) is 0 Å². The van der Waals surface area contributed by atoms with Crippen molar-refractivity contribution in [3.8, 4) is 0 Å². The molecule has 2 aliphatic rings. The summed E-state index contributed by atoms with van der Waals surface area (Å²) in [6.07, 6.45) is 1.47. The number of benzene rings is 4. The molecule has 2 heteroatoms. The zero-order valence-corrected chi connectivity index (χ0v) is 14.1. The summed E-state index contributed by atoms with van der Waals surface area (Å²) in [6.45, 7) is 0. The van der Waals surface area contributed by atoms with Crippen LogP contribution in [0.3, 0.4) is 0 Å². The molecule has 0 fully saturated rings.